The van der Waals surface area contributed by atoms with E-state index >= 15 is 0 Å². The molecule has 0 N–H and O–H groups in total. The number of carbonyl (C=O) groups excluding carboxylic acids is 1. The molecule has 1 aliphatic heterocycles. The van der Waals surface area contributed by atoms with Crippen LogP contribution >= 0.6 is 0 Å². The molecule has 0 saturated carbocycles. The van der Waals surface area contributed by atoms with E-state index in [0.717, 1.165) is 0 Å². The smallest absolute Gasteiger partial charge is 0.469 e. The van der Waals surface area contributed by atoms with Crippen LogP contribution in [0, 0.1) is 11.6 Å². The molecular weight excluding hydrogens is 343 g/mol. The summed E-state index contributed by atoms with van der Waals surface area (Å²) in [6.45, 7) is 7.83. The zero-order valence-electron chi connectivity index (χ0n) is 16.2. The van der Waals surface area contributed by atoms with Crippen molar-refractivity contribution in [2.75, 3.05) is 25.6 Å². The Morgan fingerprint density at radius 3 is 2.12 bits per heavy atom. The Balaban J connectivity index is 2.15. The predicted molar refractivity (Wildman–Crippen MR) is 96.6 cm³/mol. The highest BCUT2D eigenvalue weighted by atomic mass is 19.1. The largest absolute Gasteiger partial charge is 0.495 e. The summed E-state index contributed by atoms with van der Waals surface area (Å²) in [6, 6.07) is 2.47. The van der Waals surface area contributed by atoms with E-state index in [1.165, 1.54) is 24.1 Å². The van der Waals surface area contributed by atoms with Crippen LogP contribution in [-0.4, -0.2) is 45.0 Å². The number of halogens is 2. The van der Waals surface area contributed by atoms with E-state index in [4.69, 9.17) is 9.31 Å². The summed E-state index contributed by atoms with van der Waals surface area (Å²) in [5.74, 6) is -1.75. The molecule has 0 aliphatic carbocycles. The van der Waals surface area contributed by atoms with Gasteiger partial charge in [-0.05, 0) is 51.7 Å². The average molecular weight is 369 g/mol. The van der Waals surface area contributed by atoms with Crippen molar-refractivity contribution in [3.8, 4) is 0 Å². The fourth-order valence-corrected chi connectivity index (χ4v) is 2.74. The lowest BCUT2D eigenvalue weighted by molar-refractivity contribution is -0.140. The lowest BCUT2D eigenvalue weighted by atomic mass is 9.79. The summed E-state index contributed by atoms with van der Waals surface area (Å²) in [4.78, 5) is 12.6. The minimum atomic E-state index is -0.831. The number of hydrogen-bond acceptors (Lipinski definition) is 5. The molecule has 0 spiro atoms. The zero-order chi connectivity index (χ0) is 19.7. The third kappa shape index (κ3) is 4.18. The Hall–Kier alpha value is -1.67. The van der Waals surface area contributed by atoms with Gasteiger partial charge in [-0.1, -0.05) is 0 Å². The van der Waals surface area contributed by atoms with Crippen LogP contribution in [0.3, 0.4) is 0 Å². The molecule has 0 aromatic heterocycles. The van der Waals surface area contributed by atoms with Gasteiger partial charge < -0.3 is 18.9 Å². The SMILES string of the molecule is COC(=O)CCCN(C)c1c(F)cc(B2OC(C)(C)C(C)(C)O2)cc1F. The minimum Gasteiger partial charge on any atom is -0.469 e. The first-order valence-corrected chi connectivity index (χ1v) is 8.61. The van der Waals surface area contributed by atoms with E-state index in [1.54, 1.807) is 7.05 Å². The number of esters is 1. The molecule has 1 aromatic carbocycles. The fourth-order valence-electron chi connectivity index (χ4n) is 2.74. The number of methoxy groups -OCH3 is 1. The fraction of sp³-hybridized carbons (Fsp3) is 0.611. The standard InChI is InChI=1S/C18H26BF2NO4/c1-17(2)18(3,4)26-19(25-17)12-10-13(20)16(14(21)11-12)22(5)9-7-8-15(23)24-6/h10-11H,7-9H2,1-6H3. The van der Waals surface area contributed by atoms with Gasteiger partial charge in [0.2, 0.25) is 0 Å². The number of carbonyl (C=O) groups is 1. The molecule has 26 heavy (non-hydrogen) atoms. The molecule has 0 amide bonds. The lowest BCUT2D eigenvalue weighted by Gasteiger charge is -2.32. The maximum atomic E-state index is 14.6. The summed E-state index contributed by atoms with van der Waals surface area (Å²) in [5.41, 5.74) is -1.03. The van der Waals surface area contributed by atoms with E-state index in [1.807, 2.05) is 27.7 Å². The number of hydrogen-bond donors (Lipinski definition) is 0. The van der Waals surface area contributed by atoms with Crippen LogP contribution in [0.15, 0.2) is 12.1 Å². The van der Waals surface area contributed by atoms with E-state index in [2.05, 4.69) is 4.74 Å². The van der Waals surface area contributed by atoms with Crippen molar-refractivity contribution in [3.05, 3.63) is 23.8 Å². The number of anilines is 1. The molecule has 2 rings (SSSR count). The van der Waals surface area contributed by atoms with Crippen LogP contribution in [-0.2, 0) is 18.8 Å². The number of benzene rings is 1. The summed E-state index contributed by atoms with van der Waals surface area (Å²) in [7, 11) is 2.05. The van der Waals surface area contributed by atoms with Crippen LogP contribution in [0.2, 0.25) is 0 Å². The van der Waals surface area contributed by atoms with Gasteiger partial charge in [0.25, 0.3) is 0 Å². The average Bonchev–Trinajstić information content (AvgIpc) is 2.74. The first kappa shape index (κ1) is 20.6. The van der Waals surface area contributed by atoms with Crippen LogP contribution in [0.1, 0.15) is 40.5 Å². The summed E-state index contributed by atoms with van der Waals surface area (Å²) < 4.78 is 45.4. The molecule has 0 atom stereocenters. The second kappa shape index (κ2) is 7.52. The quantitative estimate of drug-likeness (QED) is 0.570. The molecule has 0 radical (unpaired) electrons. The maximum Gasteiger partial charge on any atom is 0.495 e. The summed E-state index contributed by atoms with van der Waals surface area (Å²) >= 11 is 0. The Morgan fingerprint density at radius 2 is 1.65 bits per heavy atom. The third-order valence-electron chi connectivity index (χ3n) is 5.05. The minimum absolute atomic E-state index is 0.143. The van der Waals surface area contributed by atoms with Gasteiger partial charge >= 0.3 is 13.1 Å². The van der Waals surface area contributed by atoms with E-state index in [-0.39, 0.29) is 18.1 Å². The Bertz CT molecular complexity index is 642. The van der Waals surface area contributed by atoms with E-state index < -0.39 is 30.0 Å². The monoisotopic (exact) mass is 369 g/mol. The van der Waals surface area contributed by atoms with Crippen LogP contribution < -0.4 is 10.4 Å². The highest BCUT2D eigenvalue weighted by Gasteiger charge is 2.52. The van der Waals surface area contributed by atoms with Crippen molar-refractivity contribution >= 4 is 24.2 Å². The molecule has 0 bridgehead atoms. The summed E-state index contributed by atoms with van der Waals surface area (Å²) in [6.07, 6.45) is 0.622. The van der Waals surface area contributed by atoms with Crippen molar-refractivity contribution in [2.24, 2.45) is 0 Å². The molecule has 0 unspecified atom stereocenters. The van der Waals surface area contributed by atoms with Crippen LogP contribution in [0.4, 0.5) is 14.5 Å². The van der Waals surface area contributed by atoms with Crippen molar-refractivity contribution in [1.82, 2.24) is 0 Å². The van der Waals surface area contributed by atoms with Crippen LogP contribution in [0.5, 0.6) is 0 Å². The number of nitrogens with zero attached hydrogens (tertiary/aromatic N) is 1. The number of ether oxygens (including phenoxy) is 1. The van der Waals surface area contributed by atoms with E-state index in [9.17, 15) is 13.6 Å². The van der Waals surface area contributed by atoms with Crippen molar-refractivity contribution in [1.29, 1.82) is 0 Å². The van der Waals surface area contributed by atoms with Gasteiger partial charge in [-0.2, -0.15) is 0 Å². The van der Waals surface area contributed by atoms with Crippen molar-refractivity contribution < 1.29 is 27.6 Å². The van der Waals surface area contributed by atoms with Gasteiger partial charge in [0.1, 0.15) is 17.3 Å². The zero-order valence-corrected chi connectivity index (χ0v) is 16.2. The van der Waals surface area contributed by atoms with Crippen LogP contribution in [0.25, 0.3) is 0 Å². The van der Waals surface area contributed by atoms with E-state index in [0.29, 0.717) is 18.4 Å². The Morgan fingerprint density at radius 1 is 1.15 bits per heavy atom. The highest BCUT2D eigenvalue weighted by molar-refractivity contribution is 6.62. The molecule has 1 saturated heterocycles. The highest BCUT2D eigenvalue weighted by Crippen LogP contribution is 2.36. The van der Waals surface area contributed by atoms with Gasteiger partial charge in [0.15, 0.2) is 0 Å². The molecule has 8 heteroatoms. The van der Waals surface area contributed by atoms with Gasteiger partial charge in [0.05, 0.1) is 18.3 Å². The third-order valence-corrected chi connectivity index (χ3v) is 5.05. The Kier molecular flexibility index (Phi) is 5.97. The number of rotatable bonds is 6. The normalized spacial score (nSPS) is 18.1. The topological polar surface area (TPSA) is 48.0 Å². The van der Waals surface area contributed by atoms with Crippen molar-refractivity contribution in [3.63, 3.8) is 0 Å². The first-order chi connectivity index (χ1) is 12.0. The predicted octanol–water partition coefficient (Wildman–Crippen LogP) is 2.65. The molecule has 1 heterocycles. The molecule has 1 aliphatic rings. The second-order valence-electron chi connectivity index (χ2n) is 7.52. The summed E-state index contributed by atoms with van der Waals surface area (Å²) in [5, 5.41) is 0. The first-order valence-electron chi connectivity index (χ1n) is 8.61. The molecular formula is C18H26BF2NO4. The molecule has 1 aromatic rings. The molecule has 5 nitrogen and oxygen atoms in total. The Labute approximate surface area is 153 Å². The van der Waals surface area contributed by atoms with Gasteiger partial charge in [0, 0.05) is 20.0 Å². The lowest BCUT2D eigenvalue weighted by Crippen LogP contribution is -2.41. The van der Waals surface area contributed by atoms with Crippen molar-refractivity contribution in [2.45, 2.75) is 51.7 Å². The maximum absolute atomic E-state index is 14.6. The van der Waals surface area contributed by atoms with Gasteiger partial charge in [-0.25, -0.2) is 8.78 Å². The molecule has 1 fully saturated rings. The van der Waals surface area contributed by atoms with Gasteiger partial charge in [-0.3, -0.25) is 4.79 Å². The van der Waals surface area contributed by atoms with Gasteiger partial charge in [-0.15, -0.1) is 0 Å². The second-order valence-corrected chi connectivity index (χ2v) is 7.52. The molecule has 144 valence electrons.